The molecule has 1 atom stereocenters. The maximum atomic E-state index is 11.7. The number of fused-ring (bicyclic) bond motifs is 2. The van der Waals surface area contributed by atoms with Crippen LogP contribution in [-0.2, 0) is 4.84 Å². The molecule has 22 heavy (non-hydrogen) atoms. The van der Waals surface area contributed by atoms with Gasteiger partial charge in [0.1, 0.15) is 0 Å². The van der Waals surface area contributed by atoms with Gasteiger partial charge in [-0.1, -0.05) is 5.16 Å². The van der Waals surface area contributed by atoms with Crippen molar-refractivity contribution in [3.05, 3.63) is 24.0 Å². The van der Waals surface area contributed by atoms with E-state index in [4.69, 9.17) is 5.11 Å². The van der Waals surface area contributed by atoms with Crippen LogP contribution in [0.4, 0.5) is 9.59 Å². The van der Waals surface area contributed by atoms with Crippen molar-refractivity contribution >= 4 is 23.6 Å². The SMILES string of the molecule is C/C(=N\OC(=O)O)c1cnn(C2=CC3CN(C2)C(=O)N3O)c1. The fourth-order valence-electron chi connectivity index (χ4n) is 2.37. The Kier molecular flexibility index (Phi) is 3.29. The third-order valence-corrected chi connectivity index (χ3v) is 3.48. The highest BCUT2D eigenvalue weighted by Crippen LogP contribution is 2.24. The van der Waals surface area contributed by atoms with Gasteiger partial charge in [0.05, 0.1) is 30.2 Å². The first-order chi connectivity index (χ1) is 10.5. The van der Waals surface area contributed by atoms with Gasteiger partial charge in [-0.3, -0.25) is 10.0 Å². The zero-order chi connectivity index (χ0) is 15.9. The molecule has 2 N–H and O–H groups in total. The lowest BCUT2D eigenvalue weighted by molar-refractivity contribution is -0.0450. The van der Waals surface area contributed by atoms with Crippen molar-refractivity contribution < 1.29 is 24.7 Å². The number of rotatable bonds is 3. The van der Waals surface area contributed by atoms with Crippen molar-refractivity contribution in [2.75, 3.05) is 13.1 Å². The molecule has 2 aliphatic heterocycles. The standard InChI is InChI=1S/C12H13N5O5/c1-7(14-22-12(19)20)8-3-13-16(4-8)9-2-10-6-15(5-9)11(18)17(10)21/h2-4,10,21H,5-6H2,1H3,(H,19,20)/b14-7+. The van der Waals surface area contributed by atoms with Gasteiger partial charge in [-0.05, 0) is 13.0 Å². The Labute approximate surface area is 124 Å². The molecule has 0 saturated carbocycles. The van der Waals surface area contributed by atoms with Crippen molar-refractivity contribution in [3.63, 3.8) is 0 Å². The topological polar surface area (TPSA) is 120 Å². The Hall–Kier alpha value is -2.88. The zero-order valence-corrected chi connectivity index (χ0v) is 11.6. The van der Waals surface area contributed by atoms with Gasteiger partial charge in [0.25, 0.3) is 0 Å². The molecule has 116 valence electrons. The molecule has 3 rings (SSSR count). The summed E-state index contributed by atoms with van der Waals surface area (Å²) in [7, 11) is 0. The average Bonchev–Trinajstić information content (AvgIpc) is 3.06. The predicted octanol–water partition coefficient (Wildman–Crippen LogP) is 0.652. The van der Waals surface area contributed by atoms with Gasteiger partial charge in [-0.25, -0.2) is 14.3 Å². The van der Waals surface area contributed by atoms with Crippen LogP contribution in [0.2, 0.25) is 0 Å². The minimum absolute atomic E-state index is 0.329. The van der Waals surface area contributed by atoms with E-state index in [9.17, 15) is 14.8 Å². The summed E-state index contributed by atoms with van der Waals surface area (Å²) in [5.74, 6) is 0. The summed E-state index contributed by atoms with van der Waals surface area (Å²) in [4.78, 5) is 27.6. The monoisotopic (exact) mass is 307 g/mol. The second-order valence-corrected chi connectivity index (χ2v) is 4.94. The Balaban J connectivity index is 1.80. The summed E-state index contributed by atoms with van der Waals surface area (Å²) < 4.78 is 1.56. The van der Waals surface area contributed by atoms with Gasteiger partial charge in [-0.2, -0.15) is 10.2 Å². The van der Waals surface area contributed by atoms with Crippen molar-refractivity contribution in [1.82, 2.24) is 19.7 Å². The van der Waals surface area contributed by atoms with E-state index in [0.717, 1.165) is 5.70 Å². The van der Waals surface area contributed by atoms with Crippen molar-refractivity contribution in [1.29, 1.82) is 0 Å². The Bertz CT molecular complexity index is 694. The smallest absolute Gasteiger partial charge is 0.448 e. The largest absolute Gasteiger partial charge is 0.532 e. The summed E-state index contributed by atoms with van der Waals surface area (Å²) in [6, 6.07) is -0.828. The third-order valence-electron chi connectivity index (χ3n) is 3.48. The molecular weight excluding hydrogens is 294 g/mol. The summed E-state index contributed by atoms with van der Waals surface area (Å²) in [6.07, 6.45) is 3.43. The van der Waals surface area contributed by atoms with Crippen LogP contribution in [0.1, 0.15) is 12.5 Å². The second kappa shape index (κ2) is 5.15. The summed E-state index contributed by atoms with van der Waals surface area (Å²) in [5, 5.41) is 26.3. The first-order valence-corrected chi connectivity index (χ1v) is 6.43. The Morgan fingerprint density at radius 1 is 1.55 bits per heavy atom. The molecule has 10 nitrogen and oxygen atoms in total. The van der Waals surface area contributed by atoms with Crippen LogP contribution in [0.15, 0.2) is 23.6 Å². The van der Waals surface area contributed by atoms with Gasteiger partial charge in [0.2, 0.25) is 0 Å². The number of aromatic nitrogens is 2. The molecule has 2 aliphatic rings. The maximum Gasteiger partial charge on any atom is 0.532 e. The first kappa shape index (κ1) is 14.1. The number of carbonyl (C=O) groups is 2. The summed E-state index contributed by atoms with van der Waals surface area (Å²) in [5.41, 5.74) is 1.68. The Morgan fingerprint density at radius 2 is 2.32 bits per heavy atom. The van der Waals surface area contributed by atoms with Crippen LogP contribution in [0.5, 0.6) is 0 Å². The van der Waals surface area contributed by atoms with Crippen molar-refractivity contribution in [2.45, 2.75) is 13.0 Å². The number of hydrogen-bond donors (Lipinski definition) is 2. The van der Waals surface area contributed by atoms with Crippen molar-refractivity contribution in [3.8, 4) is 0 Å². The van der Waals surface area contributed by atoms with Crippen LogP contribution in [-0.4, -0.2) is 67.1 Å². The number of hydrogen-bond acceptors (Lipinski definition) is 6. The first-order valence-electron chi connectivity index (χ1n) is 6.43. The second-order valence-electron chi connectivity index (χ2n) is 4.94. The molecule has 1 saturated heterocycles. The summed E-state index contributed by atoms with van der Waals surface area (Å²) >= 11 is 0. The minimum atomic E-state index is -1.49. The molecule has 1 aromatic heterocycles. The van der Waals surface area contributed by atoms with E-state index in [1.54, 1.807) is 23.9 Å². The molecule has 0 spiro atoms. The van der Waals surface area contributed by atoms with E-state index < -0.39 is 18.2 Å². The predicted molar refractivity (Wildman–Crippen MR) is 72.2 cm³/mol. The molecule has 3 heterocycles. The maximum absolute atomic E-state index is 11.7. The van der Waals surface area contributed by atoms with Crippen LogP contribution in [0.25, 0.3) is 5.70 Å². The zero-order valence-electron chi connectivity index (χ0n) is 11.6. The van der Waals surface area contributed by atoms with Gasteiger partial charge >= 0.3 is 12.2 Å². The number of carboxylic acid groups (broad SMARTS) is 1. The quantitative estimate of drug-likeness (QED) is 0.366. The molecule has 2 amide bonds. The molecule has 1 fully saturated rings. The average molecular weight is 307 g/mol. The fourth-order valence-corrected chi connectivity index (χ4v) is 2.37. The lowest BCUT2D eigenvalue weighted by Gasteiger charge is -2.20. The van der Waals surface area contributed by atoms with Crippen molar-refractivity contribution in [2.24, 2.45) is 5.16 Å². The number of carbonyl (C=O) groups excluding carboxylic acids is 1. The van der Waals surface area contributed by atoms with Gasteiger partial charge < -0.3 is 10.0 Å². The van der Waals surface area contributed by atoms with Gasteiger partial charge in [0.15, 0.2) is 0 Å². The third kappa shape index (κ3) is 2.39. The molecule has 1 unspecified atom stereocenters. The molecule has 10 heteroatoms. The van der Waals surface area contributed by atoms with E-state index in [1.807, 2.05) is 0 Å². The molecule has 1 aromatic rings. The van der Waals surface area contributed by atoms with E-state index in [2.05, 4.69) is 15.1 Å². The molecule has 2 bridgehead atoms. The summed E-state index contributed by atoms with van der Waals surface area (Å²) in [6.45, 7) is 2.36. The fraction of sp³-hybridized carbons (Fsp3) is 0.333. The molecular formula is C12H13N5O5. The van der Waals surface area contributed by atoms with Crippen LogP contribution >= 0.6 is 0 Å². The lowest BCUT2D eigenvalue weighted by atomic mass is 10.2. The highest BCUT2D eigenvalue weighted by molar-refractivity contribution is 5.98. The molecule has 0 aliphatic carbocycles. The van der Waals surface area contributed by atoms with Gasteiger partial charge in [-0.15, -0.1) is 0 Å². The number of hydroxylamine groups is 2. The number of urea groups is 1. The number of nitrogens with zero attached hydrogens (tertiary/aromatic N) is 5. The van der Waals surface area contributed by atoms with Gasteiger partial charge in [0, 0.05) is 18.3 Å². The number of oxime groups is 1. The van der Waals surface area contributed by atoms with E-state index in [-0.39, 0.29) is 0 Å². The van der Waals surface area contributed by atoms with Crippen LogP contribution in [0.3, 0.4) is 0 Å². The van der Waals surface area contributed by atoms with Crippen LogP contribution in [0, 0.1) is 0 Å². The molecule has 0 aromatic carbocycles. The molecule has 0 radical (unpaired) electrons. The van der Waals surface area contributed by atoms with E-state index in [0.29, 0.717) is 29.4 Å². The normalized spacial score (nSPS) is 21.2. The van der Waals surface area contributed by atoms with Crippen LogP contribution < -0.4 is 0 Å². The highest BCUT2D eigenvalue weighted by Gasteiger charge is 2.39. The highest BCUT2D eigenvalue weighted by atomic mass is 16.7. The Morgan fingerprint density at radius 3 is 3.00 bits per heavy atom. The lowest BCUT2D eigenvalue weighted by Crippen LogP contribution is -2.31. The van der Waals surface area contributed by atoms with E-state index >= 15 is 0 Å². The minimum Gasteiger partial charge on any atom is -0.448 e. The number of amides is 2. The van der Waals surface area contributed by atoms with E-state index in [1.165, 1.54) is 11.1 Å².